The Morgan fingerprint density at radius 2 is 1.96 bits per heavy atom. The summed E-state index contributed by atoms with van der Waals surface area (Å²) >= 11 is 0. The highest BCUT2D eigenvalue weighted by molar-refractivity contribution is 6.02. The van der Waals surface area contributed by atoms with E-state index in [0.717, 1.165) is 16.5 Å². The summed E-state index contributed by atoms with van der Waals surface area (Å²) in [6.45, 7) is 1.99. The molecule has 5 heteroatoms. The number of aryl methyl sites for hydroxylation is 1. The zero-order chi connectivity index (χ0) is 17.8. The van der Waals surface area contributed by atoms with Gasteiger partial charge < -0.3 is 14.5 Å². The number of carbonyl (C=O) groups is 2. The summed E-state index contributed by atoms with van der Waals surface area (Å²) in [5, 5.41) is 3.68. The van der Waals surface area contributed by atoms with E-state index in [1.165, 1.54) is 13.2 Å². The van der Waals surface area contributed by atoms with Crippen molar-refractivity contribution in [3.05, 3.63) is 71.5 Å². The minimum absolute atomic E-state index is 0.321. The fourth-order valence-electron chi connectivity index (χ4n) is 2.42. The second-order valence-corrected chi connectivity index (χ2v) is 5.59. The number of furan rings is 1. The van der Waals surface area contributed by atoms with Crippen molar-refractivity contribution in [1.29, 1.82) is 0 Å². The van der Waals surface area contributed by atoms with Crippen LogP contribution in [0.5, 0.6) is 0 Å². The number of anilines is 1. The molecule has 1 heterocycles. The third-order valence-corrected chi connectivity index (χ3v) is 3.64. The lowest BCUT2D eigenvalue weighted by Crippen LogP contribution is -2.09. The number of benzene rings is 2. The normalized spacial score (nSPS) is 11.0. The highest BCUT2D eigenvalue weighted by Gasteiger charge is 2.07. The molecular weight excluding hydrogens is 318 g/mol. The molecule has 0 saturated carbocycles. The van der Waals surface area contributed by atoms with Gasteiger partial charge in [-0.25, -0.2) is 4.79 Å². The molecule has 0 unspecified atom stereocenters. The number of amides is 1. The molecule has 0 aliphatic heterocycles. The number of hydrogen-bond acceptors (Lipinski definition) is 4. The Bertz CT molecular complexity index is 969. The minimum Gasteiger partial charge on any atom is -0.465 e. The zero-order valence-electron chi connectivity index (χ0n) is 13.9. The van der Waals surface area contributed by atoms with Crippen molar-refractivity contribution in [1.82, 2.24) is 0 Å². The van der Waals surface area contributed by atoms with Crippen molar-refractivity contribution in [2.75, 3.05) is 12.4 Å². The van der Waals surface area contributed by atoms with Gasteiger partial charge in [0.25, 0.3) is 0 Å². The van der Waals surface area contributed by atoms with Crippen LogP contribution in [-0.2, 0) is 9.53 Å². The summed E-state index contributed by atoms with van der Waals surface area (Å²) < 4.78 is 10.3. The van der Waals surface area contributed by atoms with Gasteiger partial charge in [-0.2, -0.15) is 0 Å². The molecule has 0 aliphatic rings. The average Bonchev–Trinajstić information content (AvgIpc) is 3.01. The summed E-state index contributed by atoms with van der Waals surface area (Å²) in [5.74, 6) is -0.179. The average molecular weight is 335 g/mol. The molecular formula is C20H17NO4. The van der Waals surface area contributed by atoms with Gasteiger partial charge in [0, 0.05) is 17.1 Å². The van der Waals surface area contributed by atoms with Crippen molar-refractivity contribution in [3.8, 4) is 0 Å². The summed E-state index contributed by atoms with van der Waals surface area (Å²) in [4.78, 5) is 23.6. The lowest BCUT2D eigenvalue weighted by atomic mass is 10.2. The zero-order valence-corrected chi connectivity index (χ0v) is 13.9. The van der Waals surface area contributed by atoms with Crippen molar-refractivity contribution in [3.63, 3.8) is 0 Å². The van der Waals surface area contributed by atoms with Crippen LogP contribution in [0.3, 0.4) is 0 Å². The lowest BCUT2D eigenvalue weighted by Gasteiger charge is -2.04. The van der Waals surface area contributed by atoms with E-state index in [1.807, 2.05) is 31.2 Å². The second kappa shape index (κ2) is 7.05. The molecule has 126 valence electrons. The molecule has 0 atom stereocenters. The van der Waals surface area contributed by atoms with Crippen molar-refractivity contribution in [2.24, 2.45) is 0 Å². The van der Waals surface area contributed by atoms with E-state index in [9.17, 15) is 9.59 Å². The predicted octanol–water partition coefficient (Wildman–Crippen LogP) is 4.18. The lowest BCUT2D eigenvalue weighted by molar-refractivity contribution is -0.111. The number of fused-ring (bicyclic) bond motifs is 1. The Kier molecular flexibility index (Phi) is 4.66. The van der Waals surface area contributed by atoms with Crippen LogP contribution in [-0.4, -0.2) is 19.0 Å². The summed E-state index contributed by atoms with van der Waals surface area (Å²) in [7, 11) is 1.31. The number of carbonyl (C=O) groups excluding carboxylic acids is 2. The Morgan fingerprint density at radius 3 is 2.76 bits per heavy atom. The maximum absolute atomic E-state index is 12.1. The van der Waals surface area contributed by atoms with Gasteiger partial charge in [-0.1, -0.05) is 18.2 Å². The third kappa shape index (κ3) is 3.95. The maximum Gasteiger partial charge on any atom is 0.337 e. The Hall–Kier alpha value is -3.34. The van der Waals surface area contributed by atoms with Crippen LogP contribution < -0.4 is 5.32 Å². The SMILES string of the molecule is COC(=O)c1cccc(NC(=O)C=Cc2cc3ccc(C)cc3o2)c1. The predicted molar refractivity (Wildman–Crippen MR) is 96.4 cm³/mol. The molecule has 5 nitrogen and oxygen atoms in total. The van der Waals surface area contributed by atoms with Gasteiger partial charge >= 0.3 is 5.97 Å². The molecule has 0 bridgehead atoms. The van der Waals surface area contributed by atoms with E-state index >= 15 is 0 Å². The molecule has 3 aromatic rings. The molecule has 0 aliphatic carbocycles. The third-order valence-electron chi connectivity index (χ3n) is 3.64. The molecule has 0 saturated heterocycles. The summed E-state index contributed by atoms with van der Waals surface area (Å²) in [6.07, 6.45) is 2.99. The molecule has 0 spiro atoms. The molecule has 1 aromatic heterocycles. The van der Waals surface area contributed by atoms with E-state index in [2.05, 4.69) is 10.1 Å². The number of ether oxygens (including phenoxy) is 1. The highest BCUT2D eigenvalue weighted by atomic mass is 16.5. The van der Waals surface area contributed by atoms with Gasteiger partial charge in [0.05, 0.1) is 12.7 Å². The van der Waals surface area contributed by atoms with Gasteiger partial charge in [-0.3, -0.25) is 4.79 Å². The number of esters is 1. The van der Waals surface area contributed by atoms with Crippen LogP contribution >= 0.6 is 0 Å². The molecule has 0 radical (unpaired) electrons. The van der Waals surface area contributed by atoms with Crippen LogP contribution in [0.2, 0.25) is 0 Å². The van der Waals surface area contributed by atoms with Gasteiger partial charge in [-0.15, -0.1) is 0 Å². The quantitative estimate of drug-likeness (QED) is 0.574. The standard InChI is InChI=1S/C20H17NO4/c1-13-6-7-14-12-17(25-18(14)10-13)8-9-19(22)21-16-5-3-4-15(11-16)20(23)24-2/h3-12H,1-2H3,(H,21,22). The fourth-order valence-corrected chi connectivity index (χ4v) is 2.42. The van der Waals surface area contributed by atoms with Gasteiger partial charge in [0.2, 0.25) is 5.91 Å². The molecule has 1 amide bonds. The number of nitrogens with one attached hydrogen (secondary N) is 1. The summed E-state index contributed by atoms with van der Waals surface area (Å²) in [6, 6.07) is 14.3. The number of hydrogen-bond donors (Lipinski definition) is 1. The maximum atomic E-state index is 12.1. The Labute approximate surface area is 144 Å². The van der Waals surface area contributed by atoms with Crippen molar-refractivity contribution < 1.29 is 18.7 Å². The van der Waals surface area contributed by atoms with E-state index in [0.29, 0.717) is 17.0 Å². The van der Waals surface area contributed by atoms with E-state index in [-0.39, 0.29) is 5.91 Å². The van der Waals surface area contributed by atoms with E-state index < -0.39 is 5.97 Å². The molecule has 25 heavy (non-hydrogen) atoms. The monoisotopic (exact) mass is 335 g/mol. The first-order chi connectivity index (χ1) is 12.0. The molecule has 3 rings (SSSR count). The Morgan fingerprint density at radius 1 is 1.12 bits per heavy atom. The van der Waals surface area contributed by atoms with Gasteiger partial charge in [0.15, 0.2) is 0 Å². The van der Waals surface area contributed by atoms with E-state index in [1.54, 1.807) is 30.3 Å². The Balaban J connectivity index is 1.71. The van der Waals surface area contributed by atoms with Crippen LogP contribution in [0.1, 0.15) is 21.7 Å². The minimum atomic E-state index is -0.454. The first-order valence-electron chi connectivity index (χ1n) is 7.73. The van der Waals surface area contributed by atoms with Crippen LogP contribution in [0.4, 0.5) is 5.69 Å². The highest BCUT2D eigenvalue weighted by Crippen LogP contribution is 2.21. The van der Waals surface area contributed by atoms with Gasteiger partial charge in [0.1, 0.15) is 11.3 Å². The summed E-state index contributed by atoms with van der Waals surface area (Å²) in [5.41, 5.74) is 2.78. The smallest absolute Gasteiger partial charge is 0.337 e. The molecule has 0 fully saturated rings. The number of rotatable bonds is 4. The molecule has 1 N–H and O–H groups in total. The second-order valence-electron chi connectivity index (χ2n) is 5.59. The first-order valence-corrected chi connectivity index (χ1v) is 7.73. The van der Waals surface area contributed by atoms with Crippen LogP contribution in [0.25, 0.3) is 17.0 Å². The van der Waals surface area contributed by atoms with Gasteiger partial charge in [-0.05, 0) is 48.9 Å². The molecule has 2 aromatic carbocycles. The van der Waals surface area contributed by atoms with Crippen LogP contribution in [0, 0.1) is 6.92 Å². The van der Waals surface area contributed by atoms with E-state index in [4.69, 9.17) is 4.42 Å². The number of methoxy groups -OCH3 is 1. The van der Waals surface area contributed by atoms with Crippen molar-refractivity contribution >= 4 is 34.6 Å². The largest absolute Gasteiger partial charge is 0.465 e. The first kappa shape index (κ1) is 16.5. The van der Waals surface area contributed by atoms with Crippen LogP contribution in [0.15, 0.2) is 59.0 Å². The topological polar surface area (TPSA) is 68.5 Å². The fraction of sp³-hybridized carbons (Fsp3) is 0.100. The van der Waals surface area contributed by atoms with Crippen molar-refractivity contribution in [2.45, 2.75) is 6.92 Å².